The Morgan fingerprint density at radius 3 is 2.69 bits per heavy atom. The van der Waals surface area contributed by atoms with Gasteiger partial charge in [-0.2, -0.15) is 0 Å². The third-order valence-corrected chi connectivity index (χ3v) is 2.44. The molecule has 1 aromatic rings. The summed E-state index contributed by atoms with van der Waals surface area (Å²) in [4.78, 5) is 7.99. The number of nitrogens with zero attached hydrogens (tertiary/aromatic N) is 2. The molecular weight excluding hydrogens is 164 g/mol. The first-order chi connectivity index (χ1) is 6.36. The molecular formula is C9H14N4. The van der Waals surface area contributed by atoms with Gasteiger partial charge < -0.3 is 11.1 Å². The molecule has 0 aromatic carbocycles. The van der Waals surface area contributed by atoms with Gasteiger partial charge in [-0.1, -0.05) is 0 Å². The highest BCUT2D eigenvalue weighted by Crippen LogP contribution is 2.20. The third-order valence-electron chi connectivity index (χ3n) is 2.44. The van der Waals surface area contributed by atoms with Crippen LogP contribution in [0.2, 0.25) is 0 Å². The molecule has 3 N–H and O–H groups in total. The number of nitrogens with two attached hydrogens (primary N) is 1. The van der Waals surface area contributed by atoms with Crippen molar-refractivity contribution in [1.29, 1.82) is 0 Å². The predicted octanol–water partition coefficient (Wildman–Crippen LogP) is 0.228. The van der Waals surface area contributed by atoms with E-state index in [2.05, 4.69) is 15.3 Å². The van der Waals surface area contributed by atoms with Gasteiger partial charge in [0.1, 0.15) is 6.33 Å². The summed E-state index contributed by atoms with van der Waals surface area (Å²) in [6.45, 7) is 0.888. The molecule has 4 heteroatoms. The zero-order valence-electron chi connectivity index (χ0n) is 7.48. The van der Waals surface area contributed by atoms with Gasteiger partial charge in [-0.05, 0) is 12.8 Å². The lowest BCUT2D eigenvalue weighted by atomic mass is 9.97. The average Bonchev–Trinajstić information content (AvgIpc) is 2.20. The van der Waals surface area contributed by atoms with Gasteiger partial charge in [0.25, 0.3) is 0 Å². The Balaban J connectivity index is 2.03. The predicted molar refractivity (Wildman–Crippen MR) is 50.0 cm³/mol. The molecule has 1 aliphatic heterocycles. The molecule has 2 unspecified atom stereocenters. The molecule has 2 heterocycles. The Kier molecular flexibility index (Phi) is 2.52. The molecule has 13 heavy (non-hydrogen) atoms. The summed E-state index contributed by atoms with van der Waals surface area (Å²) in [6, 6.07) is 0.696. The number of aromatic nitrogens is 2. The average molecular weight is 178 g/mol. The highest BCUT2D eigenvalue weighted by Gasteiger charge is 2.18. The molecule has 1 fully saturated rings. The summed E-state index contributed by atoms with van der Waals surface area (Å²) in [7, 11) is 0. The van der Waals surface area contributed by atoms with Crippen molar-refractivity contribution in [2.45, 2.75) is 24.9 Å². The van der Waals surface area contributed by atoms with E-state index in [0.29, 0.717) is 12.1 Å². The fourth-order valence-electron chi connectivity index (χ4n) is 1.65. The second kappa shape index (κ2) is 3.81. The Morgan fingerprint density at radius 1 is 1.31 bits per heavy atom. The van der Waals surface area contributed by atoms with E-state index in [1.807, 2.05) is 12.4 Å². The van der Waals surface area contributed by atoms with Crippen LogP contribution in [0.5, 0.6) is 0 Å². The van der Waals surface area contributed by atoms with E-state index in [1.54, 1.807) is 6.33 Å². The summed E-state index contributed by atoms with van der Waals surface area (Å²) in [5.74, 6) is 0. The lowest BCUT2D eigenvalue weighted by molar-refractivity contribution is 0.372. The fourth-order valence-corrected chi connectivity index (χ4v) is 1.65. The fraction of sp³-hybridized carbons (Fsp3) is 0.556. The summed E-state index contributed by atoms with van der Waals surface area (Å²) in [5, 5.41) is 3.38. The Morgan fingerprint density at radius 2 is 2.08 bits per heavy atom. The lowest BCUT2D eigenvalue weighted by Crippen LogP contribution is -2.41. The molecule has 1 aliphatic rings. The molecule has 0 amide bonds. The third kappa shape index (κ3) is 2.02. The zero-order chi connectivity index (χ0) is 9.10. The molecule has 4 nitrogen and oxygen atoms in total. The largest absolute Gasteiger partial charge is 0.327 e. The smallest absolute Gasteiger partial charge is 0.115 e. The summed E-state index contributed by atoms with van der Waals surface area (Å²) < 4.78 is 0. The Bertz CT molecular complexity index is 254. The SMILES string of the molecule is NC1CCC(c2cncnc2)NC1. The van der Waals surface area contributed by atoms with E-state index in [9.17, 15) is 0 Å². The maximum atomic E-state index is 5.78. The molecule has 0 saturated carbocycles. The van der Waals surface area contributed by atoms with Crippen LogP contribution in [0.15, 0.2) is 18.7 Å². The van der Waals surface area contributed by atoms with E-state index >= 15 is 0 Å². The molecule has 1 saturated heterocycles. The van der Waals surface area contributed by atoms with Crippen molar-refractivity contribution in [3.05, 3.63) is 24.3 Å². The summed E-state index contributed by atoms with van der Waals surface area (Å²) in [6.07, 6.45) is 7.43. The van der Waals surface area contributed by atoms with Gasteiger partial charge in [0, 0.05) is 36.6 Å². The van der Waals surface area contributed by atoms with Crippen molar-refractivity contribution in [2.75, 3.05) is 6.54 Å². The van der Waals surface area contributed by atoms with Crippen LogP contribution >= 0.6 is 0 Å². The van der Waals surface area contributed by atoms with Crippen LogP contribution in [0.4, 0.5) is 0 Å². The monoisotopic (exact) mass is 178 g/mol. The van der Waals surface area contributed by atoms with Gasteiger partial charge in [0.05, 0.1) is 0 Å². The van der Waals surface area contributed by atoms with Gasteiger partial charge in [-0.15, -0.1) is 0 Å². The topological polar surface area (TPSA) is 63.8 Å². The minimum atomic E-state index is 0.306. The second-order valence-corrected chi connectivity index (χ2v) is 3.47. The lowest BCUT2D eigenvalue weighted by Gasteiger charge is -2.27. The molecule has 1 aromatic heterocycles. The molecule has 0 spiro atoms. The highest BCUT2D eigenvalue weighted by atomic mass is 15.0. The number of nitrogens with one attached hydrogen (secondary N) is 1. The van der Waals surface area contributed by atoms with Crippen LogP contribution in [0.25, 0.3) is 0 Å². The van der Waals surface area contributed by atoms with Crippen molar-refractivity contribution in [3.63, 3.8) is 0 Å². The van der Waals surface area contributed by atoms with Gasteiger partial charge in [0.15, 0.2) is 0 Å². The van der Waals surface area contributed by atoms with Crippen LogP contribution in [0, 0.1) is 0 Å². The molecule has 0 aliphatic carbocycles. The van der Waals surface area contributed by atoms with Crippen molar-refractivity contribution < 1.29 is 0 Å². The van der Waals surface area contributed by atoms with Crippen molar-refractivity contribution in [2.24, 2.45) is 5.73 Å². The minimum absolute atomic E-state index is 0.306. The number of rotatable bonds is 1. The van der Waals surface area contributed by atoms with Crippen molar-refractivity contribution in [3.8, 4) is 0 Å². The Hall–Kier alpha value is -1.00. The first kappa shape index (κ1) is 8.59. The van der Waals surface area contributed by atoms with Gasteiger partial charge >= 0.3 is 0 Å². The number of piperidine rings is 1. The van der Waals surface area contributed by atoms with Crippen molar-refractivity contribution in [1.82, 2.24) is 15.3 Å². The maximum absolute atomic E-state index is 5.78. The summed E-state index contributed by atoms with van der Waals surface area (Å²) in [5.41, 5.74) is 6.94. The molecule has 2 rings (SSSR count). The zero-order valence-corrected chi connectivity index (χ0v) is 7.48. The van der Waals surface area contributed by atoms with Crippen LogP contribution in [-0.2, 0) is 0 Å². The molecule has 2 atom stereocenters. The van der Waals surface area contributed by atoms with Crippen LogP contribution in [0.3, 0.4) is 0 Å². The van der Waals surface area contributed by atoms with E-state index < -0.39 is 0 Å². The van der Waals surface area contributed by atoms with Crippen molar-refractivity contribution >= 4 is 0 Å². The molecule has 70 valence electrons. The quantitative estimate of drug-likeness (QED) is 0.646. The normalized spacial score (nSPS) is 28.7. The molecule has 0 bridgehead atoms. The number of hydrogen-bond donors (Lipinski definition) is 2. The standard InChI is InChI=1S/C9H14N4/c10-8-1-2-9(13-5-8)7-3-11-6-12-4-7/h3-4,6,8-9,13H,1-2,5,10H2. The van der Waals surface area contributed by atoms with Gasteiger partial charge in [0.2, 0.25) is 0 Å². The van der Waals surface area contributed by atoms with E-state index in [0.717, 1.165) is 24.9 Å². The van der Waals surface area contributed by atoms with Crippen LogP contribution in [0.1, 0.15) is 24.4 Å². The number of hydrogen-bond acceptors (Lipinski definition) is 4. The second-order valence-electron chi connectivity index (χ2n) is 3.47. The van der Waals surface area contributed by atoms with E-state index in [1.165, 1.54) is 0 Å². The van der Waals surface area contributed by atoms with Crippen LogP contribution < -0.4 is 11.1 Å². The van der Waals surface area contributed by atoms with E-state index in [-0.39, 0.29) is 0 Å². The highest BCUT2D eigenvalue weighted by molar-refractivity contribution is 5.10. The first-order valence-electron chi connectivity index (χ1n) is 4.60. The van der Waals surface area contributed by atoms with Gasteiger partial charge in [-0.3, -0.25) is 0 Å². The Labute approximate surface area is 77.6 Å². The first-order valence-corrected chi connectivity index (χ1v) is 4.60. The van der Waals surface area contributed by atoms with E-state index in [4.69, 9.17) is 5.73 Å². The minimum Gasteiger partial charge on any atom is -0.327 e. The molecule has 0 radical (unpaired) electrons. The van der Waals surface area contributed by atoms with Crippen LogP contribution in [-0.4, -0.2) is 22.6 Å². The maximum Gasteiger partial charge on any atom is 0.115 e. The van der Waals surface area contributed by atoms with Gasteiger partial charge in [-0.25, -0.2) is 9.97 Å². The summed E-state index contributed by atoms with van der Waals surface area (Å²) >= 11 is 0.